The van der Waals surface area contributed by atoms with Crippen molar-refractivity contribution in [3.63, 3.8) is 0 Å². The molecule has 3 rings (SSSR count). The van der Waals surface area contributed by atoms with Crippen molar-refractivity contribution >= 4 is 17.2 Å². The van der Waals surface area contributed by atoms with Gasteiger partial charge >= 0.3 is 0 Å². The molecule has 0 unspecified atom stereocenters. The second-order valence-electron chi connectivity index (χ2n) is 7.83. The van der Waals surface area contributed by atoms with Crippen LogP contribution in [0.1, 0.15) is 44.3 Å². The number of aromatic amines is 1. The van der Waals surface area contributed by atoms with Gasteiger partial charge in [0.15, 0.2) is 11.5 Å². The summed E-state index contributed by atoms with van der Waals surface area (Å²) in [6, 6.07) is 7.55. The normalized spacial score (nSPS) is 11.8. The highest BCUT2D eigenvalue weighted by Crippen LogP contribution is 2.23. The largest absolute Gasteiger partial charge is 0.493 e. The average molecular weight is 385 g/mol. The monoisotopic (exact) mass is 385 g/mol. The third kappa shape index (κ3) is 4.51. The molecule has 2 aromatic heterocycles. The zero-order valence-electron chi connectivity index (χ0n) is 16.7. The highest BCUT2D eigenvalue weighted by atomic mass is 16.5. The molecule has 3 N–H and O–H groups in total. The first-order valence-corrected chi connectivity index (χ1v) is 9.35. The fourth-order valence-electron chi connectivity index (χ4n) is 2.77. The maximum Gasteiger partial charge on any atom is 0.226 e. The molecule has 150 valence electrons. The Labute approximate surface area is 163 Å². The maximum atomic E-state index is 11.7. The summed E-state index contributed by atoms with van der Waals surface area (Å²) in [6.07, 6.45) is 0.658. The summed E-state index contributed by atoms with van der Waals surface area (Å²) < 4.78 is 7.73. The molecule has 0 aliphatic heterocycles. The lowest BCUT2D eigenvalue weighted by molar-refractivity contribution is -0.116. The van der Waals surface area contributed by atoms with Gasteiger partial charge in [-0.15, -0.1) is 10.2 Å². The number of aliphatic hydroxyl groups excluding tert-OH is 1. The van der Waals surface area contributed by atoms with Crippen molar-refractivity contribution in [3.8, 4) is 5.75 Å². The molecule has 0 saturated heterocycles. The summed E-state index contributed by atoms with van der Waals surface area (Å²) >= 11 is 0. The summed E-state index contributed by atoms with van der Waals surface area (Å²) in [5.74, 6) is 1.23. The first-order chi connectivity index (χ1) is 13.3. The Kier molecular flexibility index (Phi) is 5.69. The van der Waals surface area contributed by atoms with E-state index < -0.39 is 0 Å². The molecule has 0 radical (unpaired) electrons. The Balaban J connectivity index is 1.64. The van der Waals surface area contributed by atoms with E-state index >= 15 is 0 Å². The standard InChI is InChI=1S/C20H27N5O3/c1-13-5-6-14(11-15(13)21-19(27)7-9-26)28-10-8-17-22-23-18-12-16(20(2,3)4)24-25(17)18/h5-6,11-12,24,26H,7-10H2,1-4H3,(H,21,27). The van der Waals surface area contributed by atoms with Crippen molar-refractivity contribution in [2.75, 3.05) is 18.5 Å². The van der Waals surface area contributed by atoms with Crippen molar-refractivity contribution in [2.45, 2.75) is 46.0 Å². The number of aromatic nitrogens is 4. The van der Waals surface area contributed by atoms with Crippen molar-refractivity contribution in [2.24, 2.45) is 0 Å². The van der Waals surface area contributed by atoms with Crippen molar-refractivity contribution in [1.82, 2.24) is 19.8 Å². The molecule has 1 amide bonds. The van der Waals surface area contributed by atoms with E-state index in [9.17, 15) is 4.79 Å². The number of hydrogen-bond acceptors (Lipinski definition) is 5. The Morgan fingerprint density at radius 2 is 2.07 bits per heavy atom. The molecule has 0 fully saturated rings. The fraction of sp³-hybridized carbons (Fsp3) is 0.450. The summed E-state index contributed by atoms with van der Waals surface area (Å²) in [5, 5.41) is 23.4. The number of aryl methyl sites for hydroxylation is 1. The lowest BCUT2D eigenvalue weighted by Crippen LogP contribution is -2.14. The number of carbonyl (C=O) groups is 1. The number of nitrogens with one attached hydrogen (secondary N) is 2. The van der Waals surface area contributed by atoms with Crippen LogP contribution < -0.4 is 10.1 Å². The molecule has 3 aromatic rings. The number of fused-ring (bicyclic) bond motifs is 1. The molecule has 8 nitrogen and oxygen atoms in total. The molecule has 8 heteroatoms. The van der Waals surface area contributed by atoms with E-state index in [0.717, 1.165) is 22.7 Å². The van der Waals surface area contributed by atoms with Gasteiger partial charge in [0.1, 0.15) is 5.75 Å². The predicted molar refractivity (Wildman–Crippen MR) is 107 cm³/mol. The van der Waals surface area contributed by atoms with Crippen LogP contribution in [0.4, 0.5) is 5.69 Å². The van der Waals surface area contributed by atoms with Crippen LogP contribution in [0.15, 0.2) is 24.3 Å². The first-order valence-electron chi connectivity index (χ1n) is 9.35. The molecule has 0 saturated carbocycles. The molecule has 0 atom stereocenters. The van der Waals surface area contributed by atoms with E-state index in [1.807, 2.05) is 29.6 Å². The van der Waals surface area contributed by atoms with Gasteiger partial charge in [-0.2, -0.15) is 0 Å². The van der Waals surface area contributed by atoms with E-state index in [2.05, 4.69) is 41.4 Å². The highest BCUT2D eigenvalue weighted by molar-refractivity contribution is 5.91. The Morgan fingerprint density at radius 1 is 1.29 bits per heavy atom. The van der Waals surface area contributed by atoms with E-state index in [0.29, 0.717) is 24.5 Å². The number of nitrogens with zero attached hydrogens (tertiary/aromatic N) is 3. The molecule has 28 heavy (non-hydrogen) atoms. The summed E-state index contributed by atoms with van der Waals surface area (Å²) in [7, 11) is 0. The number of rotatable bonds is 7. The van der Waals surface area contributed by atoms with Crippen LogP contribution >= 0.6 is 0 Å². The highest BCUT2D eigenvalue weighted by Gasteiger charge is 2.19. The van der Waals surface area contributed by atoms with Crippen LogP contribution in [0, 0.1) is 6.92 Å². The third-order valence-electron chi connectivity index (χ3n) is 4.49. The molecule has 1 aromatic carbocycles. The van der Waals surface area contributed by atoms with Crippen LogP contribution in [-0.2, 0) is 16.6 Å². The van der Waals surface area contributed by atoms with Crippen molar-refractivity contribution in [3.05, 3.63) is 41.3 Å². The molecule has 0 spiro atoms. The third-order valence-corrected chi connectivity index (χ3v) is 4.49. The lowest BCUT2D eigenvalue weighted by atomic mass is 9.93. The lowest BCUT2D eigenvalue weighted by Gasteiger charge is -2.15. The Hall–Kier alpha value is -2.87. The van der Waals surface area contributed by atoms with Gasteiger partial charge in [-0.05, 0) is 18.6 Å². The molecular weight excluding hydrogens is 358 g/mol. The van der Waals surface area contributed by atoms with E-state index in [-0.39, 0.29) is 24.3 Å². The van der Waals surface area contributed by atoms with Gasteiger partial charge in [-0.1, -0.05) is 26.8 Å². The molecule has 0 aliphatic carbocycles. The van der Waals surface area contributed by atoms with Crippen LogP contribution in [0.25, 0.3) is 5.65 Å². The summed E-state index contributed by atoms with van der Waals surface area (Å²) in [6.45, 7) is 8.58. The maximum absolute atomic E-state index is 11.7. The smallest absolute Gasteiger partial charge is 0.226 e. The van der Waals surface area contributed by atoms with Crippen molar-refractivity contribution in [1.29, 1.82) is 0 Å². The predicted octanol–water partition coefficient (Wildman–Crippen LogP) is 2.61. The van der Waals surface area contributed by atoms with Gasteiger partial charge in [-0.3, -0.25) is 9.89 Å². The van der Waals surface area contributed by atoms with Crippen LogP contribution in [-0.4, -0.2) is 44.0 Å². The van der Waals surface area contributed by atoms with Crippen molar-refractivity contribution < 1.29 is 14.6 Å². The minimum Gasteiger partial charge on any atom is -0.493 e. The molecular formula is C20H27N5O3. The van der Waals surface area contributed by atoms with E-state index in [4.69, 9.17) is 9.84 Å². The zero-order chi connectivity index (χ0) is 20.3. The second-order valence-corrected chi connectivity index (χ2v) is 7.83. The van der Waals surface area contributed by atoms with Gasteiger partial charge in [0.2, 0.25) is 5.91 Å². The fourth-order valence-corrected chi connectivity index (χ4v) is 2.77. The average Bonchev–Trinajstić information content (AvgIpc) is 3.19. The van der Waals surface area contributed by atoms with Crippen LogP contribution in [0.2, 0.25) is 0 Å². The number of benzene rings is 1. The second kappa shape index (κ2) is 8.02. The van der Waals surface area contributed by atoms with E-state index in [1.54, 1.807) is 6.07 Å². The number of amides is 1. The Bertz CT molecular complexity index is 968. The number of hydrogen-bond donors (Lipinski definition) is 3. The van der Waals surface area contributed by atoms with Crippen LogP contribution in [0.3, 0.4) is 0 Å². The van der Waals surface area contributed by atoms with Gasteiger partial charge in [0.05, 0.1) is 19.6 Å². The number of ether oxygens (including phenoxy) is 1. The number of aliphatic hydroxyl groups is 1. The summed E-state index contributed by atoms with van der Waals surface area (Å²) in [5.41, 5.74) is 3.51. The summed E-state index contributed by atoms with van der Waals surface area (Å²) in [4.78, 5) is 11.7. The molecule has 2 heterocycles. The first kappa shape index (κ1) is 19.9. The SMILES string of the molecule is Cc1ccc(OCCc2nnc3cc(C(C)(C)C)[nH]n23)cc1NC(=O)CCO. The zero-order valence-corrected chi connectivity index (χ0v) is 16.7. The molecule has 0 aliphatic rings. The topological polar surface area (TPSA) is 105 Å². The quantitative estimate of drug-likeness (QED) is 0.580. The number of H-pyrrole nitrogens is 1. The minimum atomic E-state index is -0.227. The minimum absolute atomic E-state index is 0.00717. The Morgan fingerprint density at radius 3 is 2.79 bits per heavy atom. The van der Waals surface area contributed by atoms with Gasteiger partial charge < -0.3 is 15.2 Å². The number of anilines is 1. The van der Waals surface area contributed by atoms with E-state index in [1.165, 1.54) is 0 Å². The molecule has 0 bridgehead atoms. The van der Waals surface area contributed by atoms with Gasteiger partial charge in [0.25, 0.3) is 0 Å². The van der Waals surface area contributed by atoms with Gasteiger partial charge in [0, 0.05) is 35.3 Å². The van der Waals surface area contributed by atoms with Crippen LogP contribution in [0.5, 0.6) is 5.75 Å². The number of carbonyl (C=O) groups excluding carboxylic acids is 1. The van der Waals surface area contributed by atoms with Gasteiger partial charge in [-0.25, -0.2) is 4.52 Å².